The maximum absolute atomic E-state index is 13.7. The summed E-state index contributed by atoms with van der Waals surface area (Å²) in [7, 11) is 0. The molecule has 21 heavy (non-hydrogen) atoms. The maximum atomic E-state index is 13.7. The number of rotatable bonds is 3. The van der Waals surface area contributed by atoms with E-state index in [0.717, 1.165) is 10.9 Å². The van der Waals surface area contributed by atoms with E-state index in [9.17, 15) is 4.39 Å². The predicted molar refractivity (Wildman–Crippen MR) is 75.5 cm³/mol. The van der Waals surface area contributed by atoms with Crippen LogP contribution >= 0.6 is 0 Å². The van der Waals surface area contributed by atoms with E-state index in [4.69, 9.17) is 11.1 Å². The SMILES string of the molecule is NC(=[NH2+])c1nn(Cc2ccccc2F)c2ccccc12.[Cl-]. The fourth-order valence-corrected chi connectivity index (χ4v) is 2.25. The van der Waals surface area contributed by atoms with Gasteiger partial charge >= 0.3 is 0 Å². The molecule has 6 heteroatoms. The summed E-state index contributed by atoms with van der Waals surface area (Å²) in [6.07, 6.45) is 0. The van der Waals surface area contributed by atoms with E-state index in [1.165, 1.54) is 6.07 Å². The minimum atomic E-state index is -0.252. The molecule has 0 saturated carbocycles. The van der Waals surface area contributed by atoms with Crippen molar-refractivity contribution in [3.05, 3.63) is 65.6 Å². The van der Waals surface area contributed by atoms with Crippen molar-refractivity contribution in [1.29, 1.82) is 0 Å². The van der Waals surface area contributed by atoms with E-state index >= 15 is 0 Å². The highest BCUT2D eigenvalue weighted by Gasteiger charge is 2.16. The van der Waals surface area contributed by atoms with Gasteiger partial charge in [0.05, 0.1) is 12.1 Å². The summed E-state index contributed by atoms with van der Waals surface area (Å²) in [4.78, 5) is 0. The second-order valence-electron chi connectivity index (χ2n) is 4.57. The minimum Gasteiger partial charge on any atom is -1.00 e. The van der Waals surface area contributed by atoms with Crippen molar-refractivity contribution in [2.75, 3.05) is 0 Å². The standard InChI is InChI=1S/C15H13FN4.ClH/c16-12-7-3-1-5-10(12)9-20-13-8-4-2-6-11(13)14(19-20)15(17)18;/h1-8H,9H2,(H3,17,18);1H. The predicted octanol–water partition coefficient (Wildman–Crippen LogP) is -2.31. The third-order valence-electron chi connectivity index (χ3n) is 3.21. The lowest BCUT2D eigenvalue weighted by Crippen LogP contribution is -3.00. The van der Waals surface area contributed by atoms with Crippen LogP contribution in [-0.4, -0.2) is 15.6 Å². The van der Waals surface area contributed by atoms with Gasteiger partial charge in [0.1, 0.15) is 5.82 Å². The van der Waals surface area contributed by atoms with Gasteiger partial charge in [0.2, 0.25) is 0 Å². The highest BCUT2D eigenvalue weighted by atomic mass is 35.5. The van der Waals surface area contributed by atoms with Gasteiger partial charge in [-0.3, -0.25) is 15.8 Å². The summed E-state index contributed by atoms with van der Waals surface area (Å²) in [5.41, 5.74) is 7.65. The molecule has 3 rings (SSSR count). The molecule has 4 nitrogen and oxygen atoms in total. The van der Waals surface area contributed by atoms with Crippen molar-refractivity contribution in [2.45, 2.75) is 6.54 Å². The van der Waals surface area contributed by atoms with Crippen molar-refractivity contribution >= 4 is 16.7 Å². The molecule has 0 aliphatic rings. The van der Waals surface area contributed by atoms with Crippen LogP contribution in [0.2, 0.25) is 0 Å². The van der Waals surface area contributed by atoms with E-state index in [-0.39, 0.29) is 24.1 Å². The second kappa shape index (κ2) is 5.93. The number of amidine groups is 1. The molecule has 108 valence electrons. The number of hydrogen-bond acceptors (Lipinski definition) is 1. The molecular formula is C15H14ClFN4. The molecule has 0 aliphatic heterocycles. The molecule has 0 amide bonds. The first-order valence-corrected chi connectivity index (χ1v) is 6.24. The van der Waals surface area contributed by atoms with E-state index in [1.54, 1.807) is 22.9 Å². The van der Waals surface area contributed by atoms with Crippen LogP contribution in [0.3, 0.4) is 0 Å². The highest BCUT2D eigenvalue weighted by molar-refractivity contribution is 6.03. The average Bonchev–Trinajstić information content (AvgIpc) is 2.81. The molecule has 1 aromatic heterocycles. The van der Waals surface area contributed by atoms with Gasteiger partial charge in [-0.1, -0.05) is 36.4 Å². The Labute approximate surface area is 127 Å². The van der Waals surface area contributed by atoms with Gasteiger partial charge in [-0.25, -0.2) is 4.39 Å². The quantitative estimate of drug-likeness (QED) is 0.422. The highest BCUT2D eigenvalue weighted by Crippen LogP contribution is 2.19. The zero-order valence-corrected chi connectivity index (χ0v) is 11.9. The number of benzene rings is 2. The molecule has 2 aromatic carbocycles. The maximum Gasteiger partial charge on any atom is 0.292 e. The minimum absolute atomic E-state index is 0. The Balaban J connectivity index is 0.00000161. The van der Waals surface area contributed by atoms with E-state index in [1.807, 2.05) is 24.3 Å². The monoisotopic (exact) mass is 304 g/mol. The Morgan fingerprint density at radius 1 is 1.14 bits per heavy atom. The van der Waals surface area contributed by atoms with Crippen LogP contribution in [0.5, 0.6) is 0 Å². The normalized spacial score (nSPS) is 10.3. The Kier molecular flexibility index (Phi) is 4.23. The topological polar surface area (TPSA) is 69.4 Å². The van der Waals surface area contributed by atoms with Crippen LogP contribution in [0.4, 0.5) is 4.39 Å². The van der Waals surface area contributed by atoms with Crippen molar-refractivity contribution in [3.63, 3.8) is 0 Å². The number of fused-ring (bicyclic) bond motifs is 1. The molecule has 0 spiro atoms. The molecule has 1 heterocycles. The number of para-hydroxylation sites is 1. The van der Waals surface area contributed by atoms with Gasteiger partial charge in [-0.15, -0.1) is 0 Å². The fraction of sp³-hybridized carbons (Fsp3) is 0.0667. The summed E-state index contributed by atoms with van der Waals surface area (Å²) in [6.45, 7) is 0.334. The van der Waals surface area contributed by atoms with Crippen molar-refractivity contribution in [1.82, 2.24) is 9.78 Å². The summed E-state index contributed by atoms with van der Waals surface area (Å²) in [5.74, 6) is -0.0909. The zero-order valence-electron chi connectivity index (χ0n) is 11.1. The molecule has 0 fully saturated rings. The van der Waals surface area contributed by atoms with Gasteiger partial charge < -0.3 is 12.4 Å². The lowest BCUT2D eigenvalue weighted by Gasteiger charge is -2.04. The van der Waals surface area contributed by atoms with Crippen LogP contribution < -0.4 is 23.5 Å². The first-order chi connectivity index (χ1) is 9.66. The third kappa shape index (κ3) is 2.73. The molecule has 0 saturated heterocycles. The largest absolute Gasteiger partial charge is 1.00 e. The Hall–Kier alpha value is -2.40. The van der Waals surface area contributed by atoms with Gasteiger partial charge in [-0.2, -0.15) is 5.10 Å². The summed E-state index contributed by atoms with van der Waals surface area (Å²) in [6, 6.07) is 14.2. The van der Waals surface area contributed by atoms with Gasteiger partial charge in [0.25, 0.3) is 5.84 Å². The Morgan fingerprint density at radius 2 is 1.81 bits per heavy atom. The van der Waals surface area contributed by atoms with Gasteiger partial charge in [-0.05, 0) is 12.1 Å². The van der Waals surface area contributed by atoms with E-state index < -0.39 is 0 Å². The van der Waals surface area contributed by atoms with Crippen LogP contribution in [-0.2, 0) is 6.54 Å². The summed E-state index contributed by atoms with van der Waals surface area (Å²) >= 11 is 0. The molecule has 4 N–H and O–H groups in total. The summed E-state index contributed by atoms with van der Waals surface area (Å²) in [5, 5.41) is 10.9. The molecule has 0 atom stereocenters. The molecule has 3 aromatic rings. The Bertz CT molecular complexity index is 797. The fourth-order valence-electron chi connectivity index (χ4n) is 2.25. The van der Waals surface area contributed by atoms with Crippen LogP contribution in [0.25, 0.3) is 10.9 Å². The van der Waals surface area contributed by atoms with Crippen molar-refractivity contribution in [2.24, 2.45) is 5.73 Å². The molecule has 0 aliphatic carbocycles. The van der Waals surface area contributed by atoms with Gasteiger partial charge in [0.15, 0.2) is 5.69 Å². The first-order valence-electron chi connectivity index (χ1n) is 6.24. The van der Waals surface area contributed by atoms with Gasteiger partial charge in [0, 0.05) is 10.9 Å². The lowest BCUT2D eigenvalue weighted by molar-refractivity contribution is -0.114. The number of nitrogens with zero attached hydrogens (tertiary/aromatic N) is 2. The van der Waals surface area contributed by atoms with Crippen LogP contribution in [0.15, 0.2) is 48.5 Å². The van der Waals surface area contributed by atoms with E-state index in [2.05, 4.69) is 5.10 Å². The molecule has 0 radical (unpaired) electrons. The van der Waals surface area contributed by atoms with Crippen LogP contribution in [0.1, 0.15) is 11.3 Å². The number of aromatic nitrogens is 2. The molecular weight excluding hydrogens is 291 g/mol. The number of halogens is 2. The van der Waals surface area contributed by atoms with E-state index in [0.29, 0.717) is 17.8 Å². The second-order valence-corrected chi connectivity index (χ2v) is 4.57. The van der Waals surface area contributed by atoms with Crippen LogP contribution in [0, 0.1) is 5.82 Å². The molecule has 0 unspecified atom stereocenters. The van der Waals surface area contributed by atoms with Crippen molar-refractivity contribution in [3.8, 4) is 0 Å². The Morgan fingerprint density at radius 3 is 2.52 bits per heavy atom. The smallest absolute Gasteiger partial charge is 0.292 e. The molecule has 0 bridgehead atoms. The number of nitrogens with two attached hydrogens (primary N) is 2. The zero-order chi connectivity index (χ0) is 14.1. The number of hydrogen-bond donors (Lipinski definition) is 2. The van der Waals surface area contributed by atoms with Crippen molar-refractivity contribution < 1.29 is 22.2 Å². The first kappa shape index (κ1) is 15.0. The average molecular weight is 305 g/mol. The lowest BCUT2D eigenvalue weighted by atomic mass is 10.2. The summed E-state index contributed by atoms with van der Waals surface area (Å²) < 4.78 is 15.5. The third-order valence-corrected chi connectivity index (χ3v) is 3.21.